The highest BCUT2D eigenvalue weighted by Gasteiger charge is 2.34. The molecule has 4 N–H and O–H groups in total. The fourth-order valence-corrected chi connectivity index (χ4v) is 6.33. The maximum absolute atomic E-state index is 13.4. The molecule has 1 saturated heterocycles. The van der Waals surface area contributed by atoms with E-state index in [0.29, 0.717) is 71.8 Å². The zero-order valence-electron chi connectivity index (χ0n) is 29.2. The van der Waals surface area contributed by atoms with Crippen LogP contribution in [0.25, 0.3) is 21.7 Å². The predicted molar refractivity (Wildman–Crippen MR) is 191 cm³/mol. The van der Waals surface area contributed by atoms with Crippen molar-refractivity contribution in [3.05, 3.63) is 107 Å². The van der Waals surface area contributed by atoms with Gasteiger partial charge >= 0.3 is 5.97 Å². The van der Waals surface area contributed by atoms with Gasteiger partial charge in [0.2, 0.25) is 12.6 Å². The number of phenols is 1. The highest BCUT2D eigenvalue weighted by atomic mass is 16.5. The Hall–Kier alpha value is -4.90. The minimum absolute atomic E-state index is 0.0354. The van der Waals surface area contributed by atoms with Crippen LogP contribution in [0.1, 0.15) is 67.2 Å². The summed E-state index contributed by atoms with van der Waals surface area (Å²) in [5, 5.41) is 13.9. The number of nitrogens with zero attached hydrogens (tertiary/aromatic N) is 2. The van der Waals surface area contributed by atoms with Crippen LogP contribution in [-0.2, 0) is 15.9 Å². The van der Waals surface area contributed by atoms with Crippen LogP contribution in [0.2, 0.25) is 0 Å². The van der Waals surface area contributed by atoms with Gasteiger partial charge < -0.3 is 34.2 Å². The van der Waals surface area contributed by atoms with E-state index in [1.165, 1.54) is 11.8 Å². The van der Waals surface area contributed by atoms with Crippen LogP contribution in [0, 0.1) is 5.41 Å². The lowest BCUT2D eigenvalue weighted by Gasteiger charge is -2.36. The van der Waals surface area contributed by atoms with Crippen molar-refractivity contribution in [3.63, 3.8) is 0 Å². The summed E-state index contributed by atoms with van der Waals surface area (Å²) >= 11 is 0. The van der Waals surface area contributed by atoms with E-state index in [0.717, 1.165) is 24.0 Å². The van der Waals surface area contributed by atoms with Gasteiger partial charge in [-0.25, -0.2) is 9.78 Å². The molecule has 0 spiro atoms. The normalized spacial score (nSPS) is 14.9. The van der Waals surface area contributed by atoms with Crippen molar-refractivity contribution >= 4 is 27.7 Å². The average Bonchev–Trinajstić information content (AvgIpc) is 3.55. The van der Waals surface area contributed by atoms with Gasteiger partial charge in [0.05, 0.1) is 32.1 Å². The minimum Gasteiger partial charge on any atom is -0.507 e. The van der Waals surface area contributed by atoms with Crippen molar-refractivity contribution in [3.8, 4) is 17.4 Å². The number of quaternary nitrogens is 1. The fraction of sp³-hybridized carbons (Fsp3) is 0.350. The van der Waals surface area contributed by atoms with Crippen LogP contribution in [0.4, 0.5) is 0 Å². The fourth-order valence-electron chi connectivity index (χ4n) is 6.33. The summed E-state index contributed by atoms with van der Waals surface area (Å²) < 4.78 is 29.5. The number of ether oxygens (including phenoxy) is 4. The molecule has 0 bridgehead atoms. The number of fused-ring (bicyclic) bond motifs is 3. The summed E-state index contributed by atoms with van der Waals surface area (Å²) in [5.74, 6) is 0.499. The molecule has 0 aliphatic carbocycles. The number of benzene rings is 3. The monoisotopic (exact) mass is 680 g/mol. The molecule has 0 radical (unpaired) electrons. The lowest BCUT2D eigenvalue weighted by Crippen LogP contribution is -2.52. The largest absolute Gasteiger partial charge is 0.507 e. The number of hydrogen-bond donors (Lipinski definition) is 2. The summed E-state index contributed by atoms with van der Waals surface area (Å²) in [4.78, 5) is 20.1. The number of pyridine rings is 1. The van der Waals surface area contributed by atoms with Gasteiger partial charge in [-0.05, 0) is 66.1 Å². The van der Waals surface area contributed by atoms with E-state index in [-0.39, 0.29) is 23.5 Å². The lowest BCUT2D eigenvalue weighted by molar-refractivity contribution is -0.418. The third-order valence-electron chi connectivity index (χ3n) is 8.85. The summed E-state index contributed by atoms with van der Waals surface area (Å²) in [6.07, 6.45) is 6.43. The zero-order valence-corrected chi connectivity index (χ0v) is 29.2. The summed E-state index contributed by atoms with van der Waals surface area (Å²) in [5.41, 5.74) is 8.04. The Morgan fingerprint density at radius 3 is 2.60 bits per heavy atom. The lowest BCUT2D eigenvalue weighted by atomic mass is 9.89. The molecule has 3 aromatic carbocycles. The molecule has 262 valence electrons. The second-order valence-corrected chi connectivity index (χ2v) is 13.8. The van der Waals surface area contributed by atoms with Gasteiger partial charge in [-0.3, -0.25) is 4.90 Å². The molecule has 1 aliphatic heterocycles. The van der Waals surface area contributed by atoms with Gasteiger partial charge in [-0.1, -0.05) is 51.1 Å². The number of aromatic hydroxyl groups is 1. The summed E-state index contributed by atoms with van der Waals surface area (Å²) in [6, 6.07) is 19.0. The number of carbonyl (C=O) groups excluding carboxylic acids is 1. The van der Waals surface area contributed by atoms with Gasteiger partial charge in [0.15, 0.2) is 0 Å². The third-order valence-corrected chi connectivity index (χ3v) is 8.85. The molecule has 5 aromatic rings. The predicted octanol–water partition coefficient (Wildman–Crippen LogP) is 6.80. The number of rotatable bonds is 12. The highest BCUT2D eigenvalue weighted by Crippen LogP contribution is 2.47. The molecule has 10 heteroatoms. The van der Waals surface area contributed by atoms with Crippen LogP contribution >= 0.6 is 0 Å². The molecule has 1 unspecified atom stereocenters. The molecule has 50 heavy (non-hydrogen) atoms. The number of aromatic nitrogens is 1. The van der Waals surface area contributed by atoms with Crippen molar-refractivity contribution in [2.75, 3.05) is 39.6 Å². The van der Waals surface area contributed by atoms with E-state index in [1.54, 1.807) is 12.5 Å². The molecule has 10 nitrogen and oxygen atoms in total. The van der Waals surface area contributed by atoms with Gasteiger partial charge in [-0.15, -0.1) is 0 Å². The number of phenolic OH excluding ortho intramolecular Hbond substituents is 1. The SMILES string of the molecule is CC(=COc1cc(C(c2c(O)c3ccc(OCCC(C)(C)C)cc3c3occ(C(=O)OC[NH3+])c23)N2CCOCC2)ccn1)Cc1ccccc1. The number of hydrogen-bond acceptors (Lipinski definition) is 9. The van der Waals surface area contributed by atoms with Crippen LogP contribution in [0.5, 0.6) is 17.4 Å². The number of morpholine rings is 1. The minimum atomic E-state index is -0.588. The van der Waals surface area contributed by atoms with E-state index < -0.39 is 12.0 Å². The first-order chi connectivity index (χ1) is 24.1. The summed E-state index contributed by atoms with van der Waals surface area (Å²) in [6.45, 7) is 11.2. The molecule has 1 aliphatic rings. The van der Waals surface area contributed by atoms with Gasteiger partial charge in [-0.2, -0.15) is 0 Å². The second kappa shape index (κ2) is 15.3. The Morgan fingerprint density at radius 2 is 1.86 bits per heavy atom. The Kier molecular flexibility index (Phi) is 10.7. The van der Waals surface area contributed by atoms with Crippen molar-refractivity contribution in [2.45, 2.75) is 46.6 Å². The Labute approximate surface area is 292 Å². The van der Waals surface area contributed by atoms with Gasteiger partial charge in [0.1, 0.15) is 28.9 Å². The van der Waals surface area contributed by atoms with Crippen LogP contribution < -0.4 is 15.2 Å². The maximum Gasteiger partial charge on any atom is 0.346 e. The Bertz CT molecular complexity index is 1970. The molecule has 0 amide bonds. The van der Waals surface area contributed by atoms with E-state index >= 15 is 0 Å². The summed E-state index contributed by atoms with van der Waals surface area (Å²) in [7, 11) is 0. The Morgan fingerprint density at radius 1 is 1.08 bits per heavy atom. The number of esters is 1. The van der Waals surface area contributed by atoms with Crippen LogP contribution in [0.15, 0.2) is 89.4 Å². The van der Waals surface area contributed by atoms with E-state index in [9.17, 15) is 9.90 Å². The standard InChI is InChI=1S/C40H45N3O7/c1-26(20-27-8-6-5-7-9-27)23-48-33-21-28(12-14-42-33)36(43-15-18-46-19-16-43)35-34-32(39(45)50-25-41)24-49-38(34)31-22-29(10-11-30(31)37(35)44)47-17-13-40(2,3)4/h5-12,14,21-24,36,44H,13,15-20,25,41H2,1-4H3/p+1. The molecular formula is C40H46N3O7+. The molecule has 1 atom stereocenters. The van der Waals surface area contributed by atoms with E-state index in [2.05, 4.69) is 48.5 Å². The van der Waals surface area contributed by atoms with E-state index in [1.807, 2.05) is 55.5 Å². The van der Waals surface area contributed by atoms with Crippen molar-refractivity contribution in [1.82, 2.24) is 9.88 Å². The quantitative estimate of drug-likeness (QED) is 0.0830. The number of carbonyl (C=O) groups is 1. The highest BCUT2D eigenvalue weighted by molar-refractivity contribution is 6.16. The van der Waals surface area contributed by atoms with Gasteiger partial charge in [0, 0.05) is 47.1 Å². The third kappa shape index (κ3) is 7.94. The average molecular weight is 681 g/mol. The van der Waals surface area contributed by atoms with Crippen LogP contribution in [-0.4, -0.2) is 60.6 Å². The van der Waals surface area contributed by atoms with Crippen molar-refractivity contribution < 1.29 is 39.0 Å². The molecule has 3 heterocycles. The zero-order chi connectivity index (χ0) is 35.3. The van der Waals surface area contributed by atoms with Crippen molar-refractivity contribution in [1.29, 1.82) is 0 Å². The van der Waals surface area contributed by atoms with Gasteiger partial charge in [0.25, 0.3) is 0 Å². The Balaban J connectivity index is 1.47. The first kappa shape index (κ1) is 34.9. The smallest absolute Gasteiger partial charge is 0.346 e. The molecule has 0 saturated carbocycles. The first-order valence-electron chi connectivity index (χ1n) is 17.1. The van der Waals surface area contributed by atoms with E-state index in [4.69, 9.17) is 23.4 Å². The molecular weight excluding hydrogens is 634 g/mol. The van der Waals surface area contributed by atoms with Crippen LogP contribution in [0.3, 0.4) is 0 Å². The number of furan rings is 1. The molecule has 1 fully saturated rings. The maximum atomic E-state index is 13.4. The number of allylic oxidation sites excluding steroid dienone is 1. The van der Waals surface area contributed by atoms with Crippen molar-refractivity contribution in [2.24, 2.45) is 5.41 Å². The second-order valence-electron chi connectivity index (χ2n) is 13.8. The first-order valence-corrected chi connectivity index (χ1v) is 17.1. The topological polar surface area (TPSA) is 131 Å². The molecule has 2 aromatic heterocycles. The molecule has 6 rings (SSSR count).